The zero-order valence-corrected chi connectivity index (χ0v) is 22.3. The summed E-state index contributed by atoms with van der Waals surface area (Å²) in [6, 6.07) is 5.25. The number of hydrogen-bond donors (Lipinski definition) is 1. The quantitative estimate of drug-likeness (QED) is 0.478. The van der Waals surface area contributed by atoms with Gasteiger partial charge in [-0.05, 0) is 81.1 Å². The van der Waals surface area contributed by atoms with Crippen molar-refractivity contribution in [1.29, 1.82) is 0 Å². The second-order valence-corrected chi connectivity index (χ2v) is 12.8. The standard InChI is InChI=1S/C32H39N3O3/c36-28-15-14-26(31(37)34-28)35-27-18-33-30(24-6-3-7-25(29(24)27)32(35)38)22-12-10-21(11-13-22)23-9-8-20(17-23)16-19-4-1-2-5-19/h3,6-7,18-23,26H,1-2,4-5,8-17H2,(H,34,36,37). The summed E-state index contributed by atoms with van der Waals surface area (Å²) in [6.07, 6.45) is 19.0. The Kier molecular flexibility index (Phi) is 6.24. The normalized spacial score (nSPS) is 31.9. The predicted octanol–water partition coefficient (Wildman–Crippen LogP) is 6.27. The molecule has 1 aromatic carbocycles. The highest BCUT2D eigenvalue weighted by Crippen LogP contribution is 2.49. The Balaban J connectivity index is 1.07. The average Bonchev–Trinajstić information content (AvgIpc) is 3.67. The Bertz CT molecular complexity index is 1270. The zero-order valence-electron chi connectivity index (χ0n) is 22.3. The monoisotopic (exact) mass is 513 g/mol. The van der Waals surface area contributed by atoms with Crippen LogP contribution >= 0.6 is 0 Å². The third kappa shape index (κ3) is 4.15. The number of aromatic nitrogens is 1. The highest BCUT2D eigenvalue weighted by atomic mass is 16.2. The molecule has 3 atom stereocenters. The minimum Gasteiger partial charge on any atom is -0.295 e. The molecule has 1 aromatic heterocycles. The number of carbonyl (C=O) groups is 3. The van der Waals surface area contributed by atoms with Gasteiger partial charge in [0.25, 0.3) is 5.91 Å². The maximum Gasteiger partial charge on any atom is 0.259 e. The van der Waals surface area contributed by atoms with Crippen LogP contribution in [0, 0.1) is 23.7 Å². The van der Waals surface area contributed by atoms with Crippen LogP contribution in [-0.4, -0.2) is 28.7 Å². The van der Waals surface area contributed by atoms with Crippen LogP contribution in [0.1, 0.15) is 112 Å². The Labute approximate surface area is 224 Å². The molecule has 3 heterocycles. The molecular formula is C32H39N3O3. The van der Waals surface area contributed by atoms with Crippen molar-refractivity contribution in [3.8, 4) is 0 Å². The van der Waals surface area contributed by atoms with E-state index in [9.17, 15) is 14.4 Å². The molecule has 3 unspecified atom stereocenters. The van der Waals surface area contributed by atoms with Crippen molar-refractivity contribution in [2.45, 2.75) is 102 Å². The van der Waals surface area contributed by atoms with E-state index in [0.29, 0.717) is 23.6 Å². The van der Waals surface area contributed by atoms with Gasteiger partial charge in [-0.1, -0.05) is 44.2 Å². The lowest BCUT2D eigenvalue weighted by Gasteiger charge is -2.33. The molecule has 5 aliphatic rings. The molecule has 0 radical (unpaired) electrons. The van der Waals surface area contributed by atoms with Gasteiger partial charge in [-0.3, -0.25) is 29.6 Å². The van der Waals surface area contributed by atoms with E-state index in [-0.39, 0.29) is 18.2 Å². The van der Waals surface area contributed by atoms with Gasteiger partial charge in [-0.15, -0.1) is 0 Å². The molecule has 2 aliphatic heterocycles. The van der Waals surface area contributed by atoms with Crippen molar-refractivity contribution in [1.82, 2.24) is 10.3 Å². The van der Waals surface area contributed by atoms with Crippen molar-refractivity contribution in [2.75, 3.05) is 4.90 Å². The summed E-state index contributed by atoms with van der Waals surface area (Å²) in [7, 11) is 0. The molecule has 7 rings (SSSR count). The number of pyridine rings is 1. The molecule has 6 nitrogen and oxygen atoms in total. The first-order valence-corrected chi connectivity index (χ1v) is 15.2. The molecule has 3 aliphatic carbocycles. The summed E-state index contributed by atoms with van der Waals surface area (Å²) in [5, 5.41) is 4.39. The molecule has 0 bridgehead atoms. The predicted molar refractivity (Wildman–Crippen MR) is 147 cm³/mol. The van der Waals surface area contributed by atoms with Crippen LogP contribution in [0.3, 0.4) is 0 Å². The summed E-state index contributed by atoms with van der Waals surface area (Å²) < 4.78 is 0. The molecule has 2 aromatic rings. The molecule has 6 heteroatoms. The van der Waals surface area contributed by atoms with E-state index >= 15 is 0 Å². The zero-order chi connectivity index (χ0) is 25.8. The fourth-order valence-electron chi connectivity index (χ4n) is 8.81. The molecule has 200 valence electrons. The number of rotatable bonds is 5. The number of imide groups is 1. The maximum absolute atomic E-state index is 13.4. The van der Waals surface area contributed by atoms with Gasteiger partial charge in [-0.25, -0.2) is 0 Å². The third-order valence-corrected chi connectivity index (χ3v) is 10.7. The van der Waals surface area contributed by atoms with Gasteiger partial charge in [0.05, 0.1) is 17.6 Å². The van der Waals surface area contributed by atoms with Gasteiger partial charge < -0.3 is 0 Å². The summed E-state index contributed by atoms with van der Waals surface area (Å²) in [5.41, 5.74) is 2.48. The second kappa shape index (κ2) is 9.77. The molecule has 3 saturated carbocycles. The molecule has 3 amide bonds. The van der Waals surface area contributed by atoms with E-state index in [4.69, 9.17) is 4.98 Å². The van der Waals surface area contributed by atoms with Crippen molar-refractivity contribution in [2.24, 2.45) is 23.7 Å². The van der Waals surface area contributed by atoms with Crippen LogP contribution < -0.4 is 10.2 Å². The van der Waals surface area contributed by atoms with Crippen molar-refractivity contribution >= 4 is 34.2 Å². The Morgan fingerprint density at radius 3 is 2.45 bits per heavy atom. The number of carbonyl (C=O) groups excluding carboxylic acids is 3. The fourth-order valence-corrected chi connectivity index (χ4v) is 8.81. The molecule has 0 spiro atoms. The lowest BCUT2D eigenvalue weighted by Crippen LogP contribution is -2.53. The second-order valence-electron chi connectivity index (χ2n) is 12.8. The number of amides is 3. The average molecular weight is 514 g/mol. The van der Waals surface area contributed by atoms with E-state index in [1.54, 1.807) is 4.90 Å². The van der Waals surface area contributed by atoms with Crippen LogP contribution in [-0.2, 0) is 9.59 Å². The summed E-state index contributed by atoms with van der Waals surface area (Å²) in [4.78, 5) is 44.3. The number of benzene rings is 1. The summed E-state index contributed by atoms with van der Waals surface area (Å²) in [6.45, 7) is 0. The summed E-state index contributed by atoms with van der Waals surface area (Å²) >= 11 is 0. The van der Waals surface area contributed by atoms with Gasteiger partial charge in [0.15, 0.2) is 0 Å². The number of nitrogens with one attached hydrogen (secondary N) is 1. The van der Waals surface area contributed by atoms with Gasteiger partial charge in [0.1, 0.15) is 6.04 Å². The van der Waals surface area contributed by atoms with Gasteiger partial charge in [0, 0.05) is 28.7 Å². The van der Waals surface area contributed by atoms with Gasteiger partial charge in [0.2, 0.25) is 11.8 Å². The molecule has 4 fully saturated rings. The first kappa shape index (κ1) is 24.3. The Hall–Kier alpha value is -2.76. The molecule has 1 N–H and O–H groups in total. The van der Waals surface area contributed by atoms with Gasteiger partial charge in [-0.2, -0.15) is 0 Å². The number of nitrogens with zero attached hydrogens (tertiary/aromatic N) is 2. The van der Waals surface area contributed by atoms with Crippen molar-refractivity contribution < 1.29 is 14.4 Å². The molecule has 1 saturated heterocycles. The van der Waals surface area contributed by atoms with Crippen LogP contribution in [0.2, 0.25) is 0 Å². The fraction of sp³-hybridized carbons (Fsp3) is 0.625. The topological polar surface area (TPSA) is 79.4 Å². The highest BCUT2D eigenvalue weighted by molar-refractivity contribution is 6.27. The van der Waals surface area contributed by atoms with E-state index in [0.717, 1.165) is 40.1 Å². The minimum atomic E-state index is -0.664. The third-order valence-electron chi connectivity index (χ3n) is 10.7. The number of anilines is 1. The first-order valence-electron chi connectivity index (χ1n) is 15.2. The number of hydrogen-bond acceptors (Lipinski definition) is 4. The summed E-state index contributed by atoms with van der Waals surface area (Å²) in [5.74, 6) is 3.37. The lowest BCUT2D eigenvalue weighted by molar-refractivity contribution is -0.134. The van der Waals surface area contributed by atoms with Crippen LogP contribution in [0.4, 0.5) is 5.69 Å². The largest absolute Gasteiger partial charge is 0.295 e. The van der Waals surface area contributed by atoms with E-state index in [1.807, 2.05) is 18.3 Å². The minimum absolute atomic E-state index is 0.156. The van der Waals surface area contributed by atoms with Crippen LogP contribution in [0.15, 0.2) is 24.4 Å². The van der Waals surface area contributed by atoms with E-state index in [1.165, 1.54) is 77.0 Å². The first-order chi connectivity index (χ1) is 18.6. The maximum atomic E-state index is 13.4. The van der Waals surface area contributed by atoms with Crippen LogP contribution in [0.5, 0.6) is 0 Å². The smallest absolute Gasteiger partial charge is 0.259 e. The SMILES string of the molecule is O=C1CCC(N2C(=O)c3cccc4c(C5CCC(C6CCC(CC7CCCC7)C6)CC5)ncc2c34)C(=O)N1. The van der Waals surface area contributed by atoms with Crippen LogP contribution in [0.25, 0.3) is 10.8 Å². The van der Waals surface area contributed by atoms with E-state index < -0.39 is 11.9 Å². The molecule has 38 heavy (non-hydrogen) atoms. The molecular weight excluding hydrogens is 474 g/mol. The Morgan fingerprint density at radius 1 is 0.868 bits per heavy atom. The Morgan fingerprint density at radius 2 is 1.66 bits per heavy atom. The highest BCUT2D eigenvalue weighted by Gasteiger charge is 2.42. The van der Waals surface area contributed by atoms with Crippen molar-refractivity contribution in [3.05, 3.63) is 35.7 Å². The van der Waals surface area contributed by atoms with Crippen molar-refractivity contribution in [3.63, 3.8) is 0 Å². The van der Waals surface area contributed by atoms with E-state index in [2.05, 4.69) is 11.4 Å². The number of piperidine rings is 1. The van der Waals surface area contributed by atoms with Gasteiger partial charge >= 0.3 is 0 Å². The lowest BCUT2D eigenvalue weighted by atomic mass is 9.73.